The van der Waals surface area contributed by atoms with Crippen LogP contribution in [-0.2, 0) is 11.4 Å². The summed E-state index contributed by atoms with van der Waals surface area (Å²) in [5, 5.41) is 12.1. The molecule has 1 aromatic carbocycles. The molecule has 18 heavy (non-hydrogen) atoms. The maximum absolute atomic E-state index is 11.5. The van der Waals surface area contributed by atoms with Crippen LogP contribution in [0.4, 0.5) is 0 Å². The Labute approximate surface area is 106 Å². The third kappa shape index (κ3) is 3.13. The van der Waals surface area contributed by atoms with Gasteiger partial charge in [0.05, 0.1) is 13.7 Å². The van der Waals surface area contributed by atoms with Gasteiger partial charge >= 0.3 is 0 Å². The zero-order chi connectivity index (χ0) is 13.0. The maximum atomic E-state index is 11.5. The predicted molar refractivity (Wildman–Crippen MR) is 65.6 cm³/mol. The highest BCUT2D eigenvalue weighted by Gasteiger charge is 2.23. The second-order valence-electron chi connectivity index (χ2n) is 4.24. The number of hydrogen-bond donors (Lipinski definition) is 2. The lowest BCUT2D eigenvalue weighted by Crippen LogP contribution is -2.30. The molecule has 2 N–H and O–H groups in total. The smallest absolute Gasteiger partial charge is 0.258 e. The van der Waals surface area contributed by atoms with Crippen LogP contribution in [0.25, 0.3) is 0 Å². The van der Waals surface area contributed by atoms with Crippen molar-refractivity contribution in [3.05, 3.63) is 23.8 Å². The van der Waals surface area contributed by atoms with Crippen molar-refractivity contribution in [1.82, 2.24) is 5.32 Å². The Morgan fingerprint density at radius 2 is 2.28 bits per heavy atom. The number of amides is 1. The first kappa shape index (κ1) is 12.7. The van der Waals surface area contributed by atoms with Crippen molar-refractivity contribution in [2.45, 2.75) is 25.5 Å². The fourth-order valence-corrected chi connectivity index (χ4v) is 1.65. The molecule has 1 aromatic rings. The quantitative estimate of drug-likeness (QED) is 0.786. The van der Waals surface area contributed by atoms with Gasteiger partial charge in [0.2, 0.25) is 0 Å². The highest BCUT2D eigenvalue weighted by atomic mass is 16.5. The summed E-state index contributed by atoms with van der Waals surface area (Å²) in [5.74, 6) is 0.793. The number of carbonyl (C=O) groups is 1. The molecule has 98 valence electrons. The number of hydrogen-bond acceptors (Lipinski definition) is 4. The third-order valence-electron chi connectivity index (χ3n) is 2.74. The van der Waals surface area contributed by atoms with Gasteiger partial charge in [-0.25, -0.2) is 0 Å². The SMILES string of the molecule is COc1cccc(CO)c1OCC(=O)NC1CC1. The summed E-state index contributed by atoms with van der Waals surface area (Å²) in [6.45, 7) is -0.222. The normalized spacial score (nSPS) is 14.1. The molecule has 5 heteroatoms. The standard InChI is InChI=1S/C13H17NO4/c1-17-11-4-2-3-9(7-15)13(11)18-8-12(16)14-10-5-6-10/h2-4,10,15H,5-8H2,1H3,(H,14,16). The number of carbonyl (C=O) groups excluding carboxylic acids is 1. The summed E-state index contributed by atoms with van der Waals surface area (Å²) in [4.78, 5) is 11.5. The van der Waals surface area contributed by atoms with Gasteiger partial charge in [-0.05, 0) is 18.9 Å². The van der Waals surface area contributed by atoms with Gasteiger partial charge in [-0.2, -0.15) is 0 Å². The van der Waals surface area contributed by atoms with E-state index in [1.54, 1.807) is 18.2 Å². The van der Waals surface area contributed by atoms with Gasteiger partial charge in [-0.3, -0.25) is 4.79 Å². The number of nitrogens with one attached hydrogen (secondary N) is 1. The highest BCUT2D eigenvalue weighted by molar-refractivity contribution is 5.78. The van der Waals surface area contributed by atoms with Crippen LogP contribution in [0.1, 0.15) is 18.4 Å². The van der Waals surface area contributed by atoms with E-state index in [0.29, 0.717) is 23.1 Å². The Kier molecular flexibility index (Phi) is 4.04. The van der Waals surface area contributed by atoms with Gasteiger partial charge in [-0.1, -0.05) is 12.1 Å². The van der Waals surface area contributed by atoms with Crippen LogP contribution in [0, 0.1) is 0 Å². The van der Waals surface area contributed by atoms with Crippen molar-refractivity contribution < 1.29 is 19.4 Å². The van der Waals surface area contributed by atoms with Crippen LogP contribution >= 0.6 is 0 Å². The predicted octanol–water partition coefficient (Wildman–Crippen LogP) is 0.845. The van der Waals surface area contributed by atoms with E-state index in [2.05, 4.69) is 5.32 Å². The second kappa shape index (κ2) is 5.73. The van der Waals surface area contributed by atoms with Crippen molar-refractivity contribution in [1.29, 1.82) is 0 Å². The van der Waals surface area contributed by atoms with Crippen molar-refractivity contribution in [3.8, 4) is 11.5 Å². The van der Waals surface area contributed by atoms with E-state index in [9.17, 15) is 9.90 Å². The molecule has 0 saturated heterocycles. The maximum Gasteiger partial charge on any atom is 0.258 e. The van der Waals surface area contributed by atoms with Gasteiger partial charge in [0.25, 0.3) is 5.91 Å². The topological polar surface area (TPSA) is 67.8 Å². The van der Waals surface area contributed by atoms with Gasteiger partial charge in [-0.15, -0.1) is 0 Å². The molecule has 0 radical (unpaired) electrons. The molecule has 1 fully saturated rings. The molecule has 0 bridgehead atoms. The van der Waals surface area contributed by atoms with Crippen molar-refractivity contribution in [3.63, 3.8) is 0 Å². The first-order valence-electron chi connectivity index (χ1n) is 5.93. The summed E-state index contributed by atoms with van der Waals surface area (Å²) < 4.78 is 10.6. The van der Waals surface area contributed by atoms with E-state index < -0.39 is 0 Å². The first-order valence-corrected chi connectivity index (χ1v) is 5.93. The van der Waals surface area contributed by atoms with Crippen molar-refractivity contribution >= 4 is 5.91 Å². The fraction of sp³-hybridized carbons (Fsp3) is 0.462. The molecule has 1 amide bonds. The molecule has 0 aromatic heterocycles. The van der Waals surface area contributed by atoms with Gasteiger partial charge in [0.15, 0.2) is 18.1 Å². The van der Waals surface area contributed by atoms with Crippen LogP contribution in [0.15, 0.2) is 18.2 Å². The number of ether oxygens (including phenoxy) is 2. The molecule has 0 heterocycles. The monoisotopic (exact) mass is 251 g/mol. The van der Waals surface area contributed by atoms with Crippen molar-refractivity contribution in [2.75, 3.05) is 13.7 Å². The summed E-state index contributed by atoms with van der Waals surface area (Å²) in [6.07, 6.45) is 2.09. The second-order valence-corrected chi connectivity index (χ2v) is 4.24. The van der Waals surface area contributed by atoms with Gasteiger partial charge < -0.3 is 19.9 Å². The molecule has 2 rings (SSSR count). The van der Waals surface area contributed by atoms with Crippen LogP contribution in [-0.4, -0.2) is 30.8 Å². The zero-order valence-electron chi connectivity index (χ0n) is 10.3. The molecule has 1 aliphatic carbocycles. The Hall–Kier alpha value is -1.75. The summed E-state index contributed by atoms with van der Waals surface area (Å²) in [6, 6.07) is 5.54. The largest absolute Gasteiger partial charge is 0.493 e. The number of methoxy groups -OCH3 is 1. The minimum Gasteiger partial charge on any atom is -0.493 e. The molecule has 0 aliphatic heterocycles. The van der Waals surface area contributed by atoms with Crippen LogP contribution in [0.3, 0.4) is 0 Å². The van der Waals surface area contributed by atoms with E-state index in [1.807, 2.05) is 0 Å². The van der Waals surface area contributed by atoms with Crippen LogP contribution < -0.4 is 14.8 Å². The first-order chi connectivity index (χ1) is 8.74. The van der Waals surface area contributed by atoms with E-state index in [-0.39, 0.29) is 19.1 Å². The molecule has 1 aliphatic rings. The number of para-hydroxylation sites is 1. The Bertz CT molecular complexity index is 407. The lowest BCUT2D eigenvalue weighted by atomic mass is 10.2. The number of aliphatic hydroxyl groups is 1. The summed E-state index contributed by atoms with van der Waals surface area (Å²) >= 11 is 0. The Morgan fingerprint density at radius 3 is 2.89 bits per heavy atom. The average molecular weight is 251 g/mol. The molecule has 5 nitrogen and oxygen atoms in total. The van der Waals surface area contributed by atoms with E-state index in [1.165, 1.54) is 7.11 Å². The molecular weight excluding hydrogens is 234 g/mol. The zero-order valence-corrected chi connectivity index (χ0v) is 10.3. The summed E-state index contributed by atoms with van der Waals surface area (Å²) in [5.41, 5.74) is 0.605. The van der Waals surface area contributed by atoms with Crippen LogP contribution in [0.5, 0.6) is 11.5 Å². The van der Waals surface area contributed by atoms with Gasteiger partial charge in [0, 0.05) is 11.6 Å². The van der Waals surface area contributed by atoms with Crippen molar-refractivity contribution in [2.24, 2.45) is 0 Å². The number of aliphatic hydroxyl groups excluding tert-OH is 1. The minimum absolute atomic E-state index is 0.0656. The minimum atomic E-state index is -0.156. The van der Waals surface area contributed by atoms with E-state index in [0.717, 1.165) is 12.8 Å². The molecule has 0 unspecified atom stereocenters. The molecular formula is C13H17NO4. The molecule has 1 saturated carbocycles. The summed E-state index contributed by atoms with van der Waals surface area (Å²) in [7, 11) is 1.52. The van der Waals surface area contributed by atoms with Gasteiger partial charge in [0.1, 0.15) is 0 Å². The van der Waals surface area contributed by atoms with E-state index in [4.69, 9.17) is 9.47 Å². The highest BCUT2D eigenvalue weighted by Crippen LogP contribution is 2.31. The number of benzene rings is 1. The third-order valence-corrected chi connectivity index (χ3v) is 2.74. The van der Waals surface area contributed by atoms with E-state index >= 15 is 0 Å². The fourth-order valence-electron chi connectivity index (χ4n) is 1.65. The lowest BCUT2D eigenvalue weighted by molar-refractivity contribution is -0.123. The molecule has 0 spiro atoms. The lowest BCUT2D eigenvalue weighted by Gasteiger charge is -2.13. The average Bonchev–Trinajstić information content (AvgIpc) is 3.19. The molecule has 0 atom stereocenters. The van der Waals surface area contributed by atoms with Crippen LogP contribution in [0.2, 0.25) is 0 Å². The Morgan fingerprint density at radius 1 is 1.50 bits per heavy atom. The number of rotatable bonds is 6. The Balaban J connectivity index is 1.99.